The molecular weight excluding hydrogens is 374 g/mol. The van der Waals surface area contributed by atoms with Crippen molar-refractivity contribution in [1.82, 2.24) is 9.97 Å². The van der Waals surface area contributed by atoms with Crippen LogP contribution >= 0.6 is 0 Å². The minimum atomic E-state index is -2.88. The standard InChI is InChI=1S/C22H30F2N4O/c1-13-6-3-4-9-28(13)21-25-19-15(7-5-8-22(19,23)24)20(26-21)27-11-17-16(10-14(2)29)18(17)12-27/h13,16-18H,3-12H2,1-2H3/t13-,16?,17-,18+/m1/s1. The minimum Gasteiger partial charge on any atom is -0.356 e. The molecule has 4 aliphatic rings. The van der Waals surface area contributed by atoms with Gasteiger partial charge < -0.3 is 14.6 Å². The number of aromatic nitrogens is 2. The summed E-state index contributed by atoms with van der Waals surface area (Å²) in [5.74, 6) is 0.0702. The lowest BCUT2D eigenvalue weighted by atomic mass is 9.92. The van der Waals surface area contributed by atoms with Crippen LogP contribution in [0.25, 0.3) is 0 Å². The second kappa shape index (κ2) is 6.88. The Hall–Kier alpha value is -1.79. The van der Waals surface area contributed by atoms with Crippen LogP contribution in [-0.4, -0.2) is 41.4 Å². The number of ketones is 1. The number of nitrogens with zero attached hydrogens (tertiary/aromatic N) is 4. The Morgan fingerprint density at radius 2 is 1.93 bits per heavy atom. The van der Waals surface area contributed by atoms with Gasteiger partial charge >= 0.3 is 0 Å². The summed E-state index contributed by atoms with van der Waals surface area (Å²) >= 11 is 0. The van der Waals surface area contributed by atoms with Crippen LogP contribution in [0.15, 0.2) is 0 Å². The van der Waals surface area contributed by atoms with Crippen LogP contribution < -0.4 is 9.80 Å². The maximum atomic E-state index is 14.8. The van der Waals surface area contributed by atoms with Crippen LogP contribution in [0.5, 0.6) is 0 Å². The van der Waals surface area contributed by atoms with Gasteiger partial charge in [-0.1, -0.05) is 0 Å². The van der Waals surface area contributed by atoms with Crippen molar-refractivity contribution in [2.75, 3.05) is 29.4 Å². The highest BCUT2D eigenvalue weighted by Crippen LogP contribution is 2.55. The summed E-state index contributed by atoms with van der Waals surface area (Å²) in [5.41, 5.74) is 0.612. The number of halogens is 2. The van der Waals surface area contributed by atoms with E-state index in [1.54, 1.807) is 6.92 Å². The van der Waals surface area contributed by atoms with Gasteiger partial charge in [0.05, 0.1) is 0 Å². The van der Waals surface area contributed by atoms with Crippen LogP contribution in [0.2, 0.25) is 0 Å². The van der Waals surface area contributed by atoms with Gasteiger partial charge in [0.15, 0.2) is 0 Å². The van der Waals surface area contributed by atoms with Crippen molar-refractivity contribution in [2.24, 2.45) is 17.8 Å². The van der Waals surface area contributed by atoms with E-state index in [1.165, 1.54) is 6.42 Å². The summed E-state index contributed by atoms with van der Waals surface area (Å²) in [4.78, 5) is 25.1. The van der Waals surface area contributed by atoms with E-state index in [0.29, 0.717) is 48.5 Å². The molecule has 0 amide bonds. The molecule has 0 radical (unpaired) electrons. The first-order valence-electron chi connectivity index (χ1n) is 11.2. The molecule has 3 heterocycles. The molecule has 1 aromatic rings. The molecule has 4 atom stereocenters. The number of hydrogen-bond acceptors (Lipinski definition) is 5. The number of Topliss-reactive ketones (excluding diaryl/α,β-unsaturated/α-hetero) is 1. The lowest BCUT2D eigenvalue weighted by Crippen LogP contribution is -2.40. The van der Waals surface area contributed by atoms with Gasteiger partial charge in [-0.2, -0.15) is 13.8 Å². The van der Waals surface area contributed by atoms with E-state index < -0.39 is 5.92 Å². The average molecular weight is 405 g/mol. The van der Waals surface area contributed by atoms with E-state index in [4.69, 9.17) is 4.98 Å². The molecule has 5 rings (SSSR count). The Kier molecular flexibility index (Phi) is 4.55. The molecule has 1 unspecified atom stereocenters. The molecule has 0 spiro atoms. The number of anilines is 2. The molecular formula is C22H30F2N4O. The number of piperidine rings is 2. The van der Waals surface area contributed by atoms with E-state index >= 15 is 0 Å². The molecule has 29 heavy (non-hydrogen) atoms. The van der Waals surface area contributed by atoms with Crippen molar-refractivity contribution in [2.45, 2.75) is 70.8 Å². The lowest BCUT2D eigenvalue weighted by Gasteiger charge is -2.36. The molecule has 7 heteroatoms. The van der Waals surface area contributed by atoms with Crippen molar-refractivity contribution >= 4 is 17.5 Å². The maximum Gasteiger partial charge on any atom is 0.290 e. The normalized spacial score (nSPS) is 32.7. The zero-order valence-corrected chi connectivity index (χ0v) is 17.3. The van der Waals surface area contributed by atoms with Crippen LogP contribution in [0, 0.1) is 17.8 Å². The number of rotatable bonds is 4. The molecule has 0 N–H and O–H groups in total. The number of fused-ring (bicyclic) bond motifs is 2. The number of hydrogen-bond donors (Lipinski definition) is 0. The van der Waals surface area contributed by atoms with Crippen molar-refractivity contribution in [3.63, 3.8) is 0 Å². The molecule has 3 fully saturated rings. The number of carbonyl (C=O) groups excluding carboxylic acids is 1. The first kappa shape index (κ1) is 19.2. The first-order chi connectivity index (χ1) is 13.8. The van der Waals surface area contributed by atoms with Crippen molar-refractivity contribution in [3.8, 4) is 0 Å². The highest BCUT2D eigenvalue weighted by atomic mass is 19.3. The summed E-state index contributed by atoms with van der Waals surface area (Å²) < 4.78 is 29.7. The van der Waals surface area contributed by atoms with Crippen molar-refractivity contribution < 1.29 is 13.6 Å². The summed E-state index contributed by atoms with van der Waals surface area (Å²) in [6.45, 7) is 6.27. The zero-order valence-electron chi connectivity index (χ0n) is 17.3. The third-order valence-corrected chi connectivity index (χ3v) is 7.49. The van der Waals surface area contributed by atoms with Gasteiger partial charge in [0.1, 0.15) is 17.3 Å². The molecule has 0 aromatic carbocycles. The summed E-state index contributed by atoms with van der Waals surface area (Å²) in [5, 5.41) is 0. The van der Waals surface area contributed by atoms with E-state index in [9.17, 15) is 13.6 Å². The van der Waals surface area contributed by atoms with Gasteiger partial charge in [-0.25, -0.2) is 4.98 Å². The Labute approximate surface area is 170 Å². The van der Waals surface area contributed by atoms with Crippen LogP contribution in [0.3, 0.4) is 0 Å². The van der Waals surface area contributed by atoms with E-state index in [1.807, 2.05) is 0 Å². The Balaban J connectivity index is 1.48. The van der Waals surface area contributed by atoms with Gasteiger partial charge in [-0.05, 0) is 63.7 Å². The quantitative estimate of drug-likeness (QED) is 0.761. The van der Waals surface area contributed by atoms with Crippen LogP contribution in [0.4, 0.5) is 20.5 Å². The van der Waals surface area contributed by atoms with Gasteiger partial charge in [0.2, 0.25) is 5.95 Å². The summed E-state index contributed by atoms with van der Waals surface area (Å²) in [6, 6.07) is 0.277. The molecule has 2 aliphatic carbocycles. The fourth-order valence-corrected chi connectivity index (χ4v) is 5.84. The first-order valence-corrected chi connectivity index (χ1v) is 11.2. The fourth-order valence-electron chi connectivity index (χ4n) is 5.84. The molecule has 158 valence electrons. The van der Waals surface area contributed by atoms with Crippen molar-refractivity contribution in [3.05, 3.63) is 11.3 Å². The Morgan fingerprint density at radius 1 is 1.17 bits per heavy atom. The highest BCUT2D eigenvalue weighted by molar-refractivity contribution is 5.76. The third-order valence-electron chi connectivity index (χ3n) is 7.49. The van der Waals surface area contributed by atoms with Crippen molar-refractivity contribution in [1.29, 1.82) is 0 Å². The predicted octanol–water partition coefficient (Wildman–Crippen LogP) is 3.94. The largest absolute Gasteiger partial charge is 0.356 e. The van der Waals surface area contributed by atoms with Crippen LogP contribution in [0.1, 0.15) is 63.6 Å². The third kappa shape index (κ3) is 3.30. The zero-order chi connectivity index (χ0) is 20.3. The van der Waals surface area contributed by atoms with E-state index in [0.717, 1.165) is 38.3 Å². The van der Waals surface area contributed by atoms with Crippen LogP contribution in [-0.2, 0) is 17.1 Å². The molecule has 1 saturated carbocycles. The van der Waals surface area contributed by atoms with Gasteiger partial charge in [0.25, 0.3) is 5.92 Å². The summed E-state index contributed by atoms with van der Waals surface area (Å²) in [6.07, 6.45) is 4.89. The Bertz CT molecular complexity index is 817. The van der Waals surface area contributed by atoms with Gasteiger partial charge in [-0.3, -0.25) is 0 Å². The molecule has 1 aromatic heterocycles. The second-order valence-corrected chi connectivity index (χ2v) is 9.57. The number of alkyl halides is 2. The number of carbonyl (C=O) groups is 1. The SMILES string of the molecule is CC(=O)CC1[C@H]2CN(c3nc(N4CCCC[C@H]4C)nc4c3CCCC4(F)F)C[C@@H]12. The highest BCUT2D eigenvalue weighted by Gasteiger charge is 2.56. The fraction of sp³-hybridized carbons (Fsp3) is 0.773. The smallest absolute Gasteiger partial charge is 0.290 e. The van der Waals surface area contributed by atoms with Gasteiger partial charge in [-0.15, -0.1) is 0 Å². The molecule has 0 bridgehead atoms. The predicted molar refractivity (Wildman–Crippen MR) is 108 cm³/mol. The van der Waals surface area contributed by atoms with E-state index in [-0.39, 0.29) is 23.9 Å². The Morgan fingerprint density at radius 3 is 2.62 bits per heavy atom. The monoisotopic (exact) mass is 404 g/mol. The molecule has 2 saturated heterocycles. The molecule has 2 aliphatic heterocycles. The second-order valence-electron chi connectivity index (χ2n) is 9.57. The minimum absolute atomic E-state index is 0.0395. The molecule has 5 nitrogen and oxygen atoms in total. The average Bonchev–Trinajstić information content (AvgIpc) is 3.10. The maximum absolute atomic E-state index is 14.8. The lowest BCUT2D eigenvalue weighted by molar-refractivity contribution is -0.117. The topological polar surface area (TPSA) is 49.3 Å². The van der Waals surface area contributed by atoms with E-state index in [2.05, 4.69) is 21.7 Å². The van der Waals surface area contributed by atoms with Gasteiger partial charge in [0, 0.05) is 44.1 Å². The summed E-state index contributed by atoms with van der Waals surface area (Å²) in [7, 11) is 0.